The third kappa shape index (κ3) is 2.44. The van der Waals surface area contributed by atoms with Crippen LogP contribution in [-0.4, -0.2) is 24.3 Å². The smallest absolute Gasteiger partial charge is 0.245 e. The summed E-state index contributed by atoms with van der Waals surface area (Å²) in [5.41, 5.74) is 3.39. The lowest BCUT2D eigenvalue weighted by Crippen LogP contribution is -2.40. The molecule has 0 fully saturated rings. The first-order valence-corrected chi connectivity index (χ1v) is 10.1. The van der Waals surface area contributed by atoms with E-state index in [1.807, 2.05) is 31.2 Å². The molecule has 5 nitrogen and oxygen atoms in total. The van der Waals surface area contributed by atoms with Crippen LogP contribution in [0.1, 0.15) is 36.2 Å². The Kier molecular flexibility index (Phi) is 4.06. The van der Waals surface area contributed by atoms with Crippen molar-refractivity contribution in [3.8, 4) is 6.07 Å². The Labute approximate surface area is 152 Å². The third-order valence-corrected chi connectivity index (χ3v) is 7.06. The van der Waals surface area contributed by atoms with E-state index in [0.29, 0.717) is 19.4 Å². The van der Waals surface area contributed by atoms with Crippen molar-refractivity contribution >= 4 is 20.9 Å². The lowest BCUT2D eigenvalue weighted by atomic mass is 9.98. The lowest BCUT2D eigenvalue weighted by molar-refractivity contribution is 0.297. The summed E-state index contributed by atoms with van der Waals surface area (Å²) in [5.74, 6) is 0. The highest BCUT2D eigenvalue weighted by Gasteiger charge is 2.38. The quantitative estimate of drug-likeness (QED) is 0.768. The van der Waals surface area contributed by atoms with Gasteiger partial charge in [-0.1, -0.05) is 37.3 Å². The predicted molar refractivity (Wildman–Crippen MR) is 100 cm³/mol. The average Bonchev–Trinajstić information content (AvgIpc) is 3.05. The number of nitrogens with zero attached hydrogens (tertiary/aromatic N) is 2. The number of sulfonamides is 1. The van der Waals surface area contributed by atoms with Crippen molar-refractivity contribution in [1.82, 2.24) is 9.29 Å². The minimum atomic E-state index is -3.76. The Balaban J connectivity index is 1.84. The zero-order chi connectivity index (χ0) is 18.3. The van der Waals surface area contributed by atoms with E-state index in [0.717, 1.165) is 16.6 Å². The normalized spacial score (nSPS) is 17.8. The predicted octanol–water partition coefficient (Wildman–Crippen LogP) is 3.74. The van der Waals surface area contributed by atoms with Crippen molar-refractivity contribution in [3.05, 3.63) is 65.4 Å². The molecule has 0 saturated heterocycles. The third-order valence-electron chi connectivity index (χ3n) is 5.09. The number of benzene rings is 2. The van der Waals surface area contributed by atoms with Crippen molar-refractivity contribution in [2.24, 2.45) is 0 Å². The van der Waals surface area contributed by atoms with E-state index in [9.17, 15) is 13.7 Å². The molecule has 0 saturated carbocycles. The second-order valence-electron chi connectivity index (χ2n) is 6.46. The Morgan fingerprint density at radius 1 is 1.19 bits per heavy atom. The molecule has 0 spiro atoms. The Bertz CT molecular complexity index is 1130. The first-order valence-electron chi connectivity index (χ1n) is 8.68. The fraction of sp³-hybridized carbons (Fsp3) is 0.250. The maximum absolute atomic E-state index is 13.3. The summed E-state index contributed by atoms with van der Waals surface area (Å²) < 4.78 is 28.2. The summed E-state index contributed by atoms with van der Waals surface area (Å²) in [6.45, 7) is 2.40. The van der Waals surface area contributed by atoms with Gasteiger partial charge in [-0.2, -0.15) is 9.57 Å². The van der Waals surface area contributed by atoms with Gasteiger partial charge in [0.15, 0.2) is 0 Å². The largest absolute Gasteiger partial charge is 0.357 e. The van der Waals surface area contributed by atoms with E-state index in [2.05, 4.69) is 11.1 Å². The van der Waals surface area contributed by atoms with Crippen LogP contribution in [-0.2, 0) is 16.4 Å². The molecule has 26 heavy (non-hydrogen) atoms. The Morgan fingerprint density at radius 2 is 1.92 bits per heavy atom. The first-order chi connectivity index (χ1) is 12.6. The van der Waals surface area contributed by atoms with Gasteiger partial charge in [0, 0.05) is 23.1 Å². The number of nitrogens with one attached hydrogen (secondary N) is 1. The van der Waals surface area contributed by atoms with Gasteiger partial charge in [0.25, 0.3) is 0 Å². The highest BCUT2D eigenvalue weighted by atomic mass is 32.2. The summed E-state index contributed by atoms with van der Waals surface area (Å²) in [6.07, 6.45) is 1.32. The second kappa shape index (κ2) is 6.27. The van der Waals surface area contributed by atoms with E-state index in [-0.39, 0.29) is 16.5 Å². The number of rotatable bonds is 3. The molecule has 6 heteroatoms. The van der Waals surface area contributed by atoms with Gasteiger partial charge in [0.1, 0.15) is 6.07 Å². The van der Waals surface area contributed by atoms with Gasteiger partial charge in [0.2, 0.25) is 10.0 Å². The van der Waals surface area contributed by atoms with Crippen LogP contribution in [0.2, 0.25) is 0 Å². The monoisotopic (exact) mass is 365 g/mol. The molecular weight excluding hydrogens is 346 g/mol. The molecule has 132 valence electrons. The number of aromatic amines is 1. The molecule has 0 radical (unpaired) electrons. The lowest BCUT2D eigenvalue weighted by Gasteiger charge is -2.34. The molecule has 3 aromatic rings. The maximum Gasteiger partial charge on any atom is 0.245 e. The van der Waals surface area contributed by atoms with Crippen LogP contribution >= 0.6 is 0 Å². The number of fused-ring (bicyclic) bond motifs is 3. The number of para-hydroxylation sites is 1. The molecule has 2 aromatic carbocycles. The minimum absolute atomic E-state index is 0.0838. The SMILES string of the molecule is CCC1c2[nH]c3ccccc3c2CCN1S(=O)(=O)c1ccccc1C#N. The number of hydrogen-bond donors (Lipinski definition) is 1. The van der Waals surface area contributed by atoms with Crippen LogP contribution < -0.4 is 0 Å². The van der Waals surface area contributed by atoms with Gasteiger partial charge in [-0.05, 0) is 36.6 Å². The maximum atomic E-state index is 13.3. The molecule has 1 aliphatic heterocycles. The molecule has 0 amide bonds. The van der Waals surface area contributed by atoms with Crippen molar-refractivity contribution in [2.45, 2.75) is 30.7 Å². The number of nitriles is 1. The molecule has 0 bridgehead atoms. The topological polar surface area (TPSA) is 77.0 Å². The molecule has 1 unspecified atom stereocenters. The van der Waals surface area contributed by atoms with E-state index < -0.39 is 10.0 Å². The number of H-pyrrole nitrogens is 1. The molecule has 4 rings (SSSR count). The van der Waals surface area contributed by atoms with Gasteiger partial charge in [0.05, 0.1) is 16.5 Å². The Hall–Kier alpha value is -2.62. The number of hydrogen-bond acceptors (Lipinski definition) is 3. The zero-order valence-electron chi connectivity index (χ0n) is 14.4. The minimum Gasteiger partial charge on any atom is -0.357 e. The van der Waals surface area contributed by atoms with E-state index in [4.69, 9.17) is 0 Å². The molecule has 2 heterocycles. The van der Waals surface area contributed by atoms with Crippen LogP contribution in [0.3, 0.4) is 0 Å². The molecule has 1 aliphatic rings. The fourth-order valence-corrected chi connectivity index (χ4v) is 5.72. The van der Waals surface area contributed by atoms with E-state index in [1.165, 1.54) is 11.6 Å². The summed E-state index contributed by atoms with van der Waals surface area (Å²) in [7, 11) is -3.76. The molecular formula is C20H19N3O2S. The summed E-state index contributed by atoms with van der Waals surface area (Å²) in [6, 6.07) is 16.2. The first kappa shape index (κ1) is 16.8. The average molecular weight is 365 g/mol. The van der Waals surface area contributed by atoms with Crippen molar-refractivity contribution in [1.29, 1.82) is 5.26 Å². The highest BCUT2D eigenvalue weighted by Crippen LogP contribution is 2.39. The Morgan fingerprint density at radius 3 is 2.69 bits per heavy atom. The van der Waals surface area contributed by atoms with Gasteiger partial charge in [-0.25, -0.2) is 8.42 Å². The van der Waals surface area contributed by atoms with Crippen LogP contribution in [0.25, 0.3) is 10.9 Å². The molecule has 0 aliphatic carbocycles. The van der Waals surface area contributed by atoms with E-state index >= 15 is 0 Å². The summed E-state index contributed by atoms with van der Waals surface area (Å²) >= 11 is 0. The van der Waals surface area contributed by atoms with Crippen molar-refractivity contribution < 1.29 is 8.42 Å². The van der Waals surface area contributed by atoms with Gasteiger partial charge in [-0.3, -0.25) is 0 Å². The van der Waals surface area contributed by atoms with Crippen LogP contribution in [0, 0.1) is 11.3 Å². The van der Waals surface area contributed by atoms with Crippen LogP contribution in [0.4, 0.5) is 0 Å². The van der Waals surface area contributed by atoms with Crippen LogP contribution in [0.5, 0.6) is 0 Å². The molecule has 1 atom stereocenters. The van der Waals surface area contributed by atoms with Gasteiger partial charge >= 0.3 is 0 Å². The second-order valence-corrected chi connectivity index (χ2v) is 8.32. The van der Waals surface area contributed by atoms with E-state index in [1.54, 1.807) is 22.5 Å². The standard InChI is InChI=1S/C20H19N3O2S/c1-2-18-20-16(15-8-4-5-9-17(15)22-20)11-12-23(18)26(24,25)19-10-6-3-7-14(19)13-21/h3-10,18,22H,2,11-12H2,1H3. The molecule has 1 N–H and O–H groups in total. The fourth-order valence-electron chi connectivity index (χ4n) is 3.90. The van der Waals surface area contributed by atoms with Crippen molar-refractivity contribution in [3.63, 3.8) is 0 Å². The van der Waals surface area contributed by atoms with Gasteiger partial charge < -0.3 is 4.98 Å². The summed E-state index contributed by atoms with van der Waals surface area (Å²) in [4.78, 5) is 3.51. The highest BCUT2D eigenvalue weighted by molar-refractivity contribution is 7.89. The van der Waals surface area contributed by atoms with Crippen LogP contribution in [0.15, 0.2) is 53.4 Å². The number of aromatic nitrogens is 1. The van der Waals surface area contributed by atoms with Crippen molar-refractivity contribution in [2.75, 3.05) is 6.54 Å². The van der Waals surface area contributed by atoms with Gasteiger partial charge in [-0.15, -0.1) is 0 Å². The molecule has 1 aromatic heterocycles. The zero-order valence-corrected chi connectivity index (χ0v) is 15.3. The summed E-state index contributed by atoms with van der Waals surface area (Å²) in [5, 5.41) is 10.5.